The van der Waals surface area contributed by atoms with E-state index in [2.05, 4.69) is 59.9 Å². The molecule has 0 saturated carbocycles. The number of rotatable bonds is 4. The van der Waals surface area contributed by atoms with Gasteiger partial charge >= 0.3 is 5.97 Å². The van der Waals surface area contributed by atoms with Gasteiger partial charge in [-0.05, 0) is 29.3 Å². The molecule has 1 heterocycles. The topological polar surface area (TPSA) is 32.5 Å². The first kappa shape index (κ1) is 18.9. The van der Waals surface area contributed by atoms with Crippen molar-refractivity contribution in [2.75, 3.05) is 26.1 Å². The summed E-state index contributed by atoms with van der Waals surface area (Å²) in [5.41, 5.74) is 5.46. The number of nitrogens with zero attached hydrogens (tertiary/aromatic N) is 2. The van der Waals surface area contributed by atoms with Crippen LogP contribution in [-0.2, 0) is 16.7 Å². The molecule has 0 spiro atoms. The Labute approximate surface area is 161 Å². The Bertz CT molecular complexity index is 904. The minimum absolute atomic E-state index is 0.0743. The summed E-state index contributed by atoms with van der Waals surface area (Å²) in [6.07, 6.45) is 4.29. The molecule has 3 rings (SSSR count). The second-order valence-corrected chi connectivity index (χ2v) is 7.58. The molecular formula is C23H27N2O2+. The van der Waals surface area contributed by atoms with Crippen molar-refractivity contribution in [3.63, 3.8) is 0 Å². The fourth-order valence-electron chi connectivity index (χ4n) is 3.58. The van der Waals surface area contributed by atoms with Crippen LogP contribution in [0.3, 0.4) is 0 Å². The van der Waals surface area contributed by atoms with Gasteiger partial charge in [0, 0.05) is 29.4 Å². The third kappa shape index (κ3) is 3.65. The van der Waals surface area contributed by atoms with Crippen LogP contribution in [0.15, 0.2) is 60.3 Å². The van der Waals surface area contributed by atoms with E-state index in [-0.39, 0.29) is 11.4 Å². The molecule has 0 fully saturated rings. The van der Waals surface area contributed by atoms with E-state index in [9.17, 15) is 4.79 Å². The molecular weight excluding hydrogens is 336 g/mol. The average Bonchev–Trinajstić information content (AvgIpc) is 2.87. The standard InChI is InChI=1S/C23H27N2O2/c1-23(2)19-8-6-7-9-20(19)25(21(23)14-15-24(3)4)16-17-10-12-18(13-11-17)22(26)27-5/h6-15H,16H2,1-5H3/q+1. The number of esters is 1. The molecule has 0 amide bonds. The third-order valence-corrected chi connectivity index (χ3v) is 5.05. The highest BCUT2D eigenvalue weighted by Crippen LogP contribution is 2.47. The number of para-hydroxylation sites is 1. The zero-order chi connectivity index (χ0) is 19.6. The third-order valence-electron chi connectivity index (χ3n) is 5.05. The van der Waals surface area contributed by atoms with Crippen molar-refractivity contribution in [1.82, 2.24) is 0 Å². The molecule has 4 nitrogen and oxygen atoms in total. The van der Waals surface area contributed by atoms with E-state index in [0.29, 0.717) is 5.56 Å². The van der Waals surface area contributed by atoms with Crippen molar-refractivity contribution in [2.45, 2.75) is 25.8 Å². The predicted molar refractivity (Wildman–Crippen MR) is 110 cm³/mol. The number of fused-ring (bicyclic) bond motifs is 1. The highest BCUT2D eigenvalue weighted by molar-refractivity contribution is 5.89. The monoisotopic (exact) mass is 363 g/mol. The average molecular weight is 363 g/mol. The van der Waals surface area contributed by atoms with Gasteiger partial charge in [-0.15, -0.1) is 0 Å². The molecule has 0 saturated heterocycles. The summed E-state index contributed by atoms with van der Waals surface area (Å²) in [4.78, 5) is 14.0. The predicted octanol–water partition coefficient (Wildman–Crippen LogP) is 4.00. The Morgan fingerprint density at radius 2 is 1.78 bits per heavy atom. The van der Waals surface area contributed by atoms with E-state index >= 15 is 0 Å². The normalized spacial score (nSPS) is 16.2. The molecule has 140 valence electrons. The van der Waals surface area contributed by atoms with E-state index in [1.54, 1.807) is 0 Å². The molecule has 27 heavy (non-hydrogen) atoms. The number of methoxy groups -OCH3 is 1. The molecule has 2 aromatic carbocycles. The summed E-state index contributed by atoms with van der Waals surface area (Å²) in [5, 5.41) is 0. The van der Waals surface area contributed by atoms with Gasteiger partial charge in [0.05, 0.1) is 12.7 Å². The molecule has 4 heteroatoms. The number of ether oxygens (including phenoxy) is 1. The number of benzene rings is 2. The van der Waals surface area contributed by atoms with Crippen LogP contribution in [0.25, 0.3) is 0 Å². The lowest BCUT2D eigenvalue weighted by Crippen LogP contribution is -2.26. The Morgan fingerprint density at radius 1 is 1.11 bits per heavy atom. The van der Waals surface area contributed by atoms with Crippen molar-refractivity contribution >= 4 is 17.9 Å². The molecule has 0 radical (unpaired) electrons. The fraction of sp³-hybridized carbons (Fsp3) is 0.304. The number of carbonyl (C=O) groups is 1. The number of allylic oxidation sites excluding steroid dienone is 2. The van der Waals surface area contributed by atoms with Crippen molar-refractivity contribution in [2.24, 2.45) is 0 Å². The highest BCUT2D eigenvalue weighted by atomic mass is 16.5. The van der Waals surface area contributed by atoms with E-state index in [4.69, 9.17) is 4.74 Å². The zero-order valence-corrected chi connectivity index (χ0v) is 16.7. The molecule has 0 unspecified atom stereocenters. The van der Waals surface area contributed by atoms with Crippen LogP contribution in [-0.4, -0.2) is 38.0 Å². The van der Waals surface area contributed by atoms with Crippen molar-refractivity contribution in [3.05, 3.63) is 77.0 Å². The lowest BCUT2D eigenvalue weighted by atomic mass is 9.84. The van der Waals surface area contributed by atoms with Crippen molar-refractivity contribution in [3.8, 4) is 0 Å². The quantitative estimate of drug-likeness (QED) is 0.468. The van der Waals surface area contributed by atoms with Crippen LogP contribution in [0.5, 0.6) is 0 Å². The Balaban J connectivity index is 1.99. The van der Waals surface area contributed by atoms with Gasteiger partial charge in [-0.1, -0.05) is 44.2 Å². The summed E-state index contributed by atoms with van der Waals surface area (Å²) < 4.78 is 6.84. The van der Waals surface area contributed by atoms with Gasteiger partial charge in [-0.3, -0.25) is 0 Å². The first-order valence-corrected chi connectivity index (χ1v) is 9.11. The van der Waals surface area contributed by atoms with Gasteiger partial charge in [0.1, 0.15) is 14.1 Å². The Morgan fingerprint density at radius 3 is 2.41 bits per heavy atom. The minimum Gasteiger partial charge on any atom is -0.465 e. The number of carbonyl (C=O) groups excluding carboxylic acids is 1. The van der Waals surface area contributed by atoms with Crippen LogP contribution < -0.4 is 4.90 Å². The summed E-state index contributed by atoms with van der Waals surface area (Å²) in [6, 6.07) is 16.2. The largest absolute Gasteiger partial charge is 0.465 e. The maximum Gasteiger partial charge on any atom is 0.337 e. The Hall–Kier alpha value is -2.88. The molecule has 1 aliphatic heterocycles. The summed E-state index contributed by atoms with van der Waals surface area (Å²) in [6.45, 7) is 5.28. The minimum atomic E-state index is -0.310. The van der Waals surface area contributed by atoms with E-state index in [0.717, 1.165) is 12.1 Å². The molecule has 2 aromatic rings. The van der Waals surface area contributed by atoms with Crippen LogP contribution >= 0.6 is 0 Å². The van der Waals surface area contributed by atoms with Crippen molar-refractivity contribution in [1.29, 1.82) is 0 Å². The van der Waals surface area contributed by atoms with Crippen LogP contribution in [0.1, 0.15) is 35.3 Å². The lowest BCUT2D eigenvalue weighted by Gasteiger charge is -2.26. The highest BCUT2D eigenvalue weighted by Gasteiger charge is 2.39. The van der Waals surface area contributed by atoms with Gasteiger partial charge in [-0.25, -0.2) is 9.37 Å². The lowest BCUT2D eigenvalue weighted by molar-refractivity contribution is -0.458. The van der Waals surface area contributed by atoms with Crippen LogP contribution in [0.4, 0.5) is 5.69 Å². The summed E-state index contributed by atoms with van der Waals surface area (Å²) in [5.74, 6) is -0.310. The van der Waals surface area contributed by atoms with Crippen LogP contribution in [0, 0.1) is 0 Å². The SMILES string of the molecule is COC(=O)c1ccc(CN2C(=CC=[N+](C)C)C(C)(C)c3ccccc32)cc1. The summed E-state index contributed by atoms with van der Waals surface area (Å²) in [7, 11) is 5.46. The first-order valence-electron chi connectivity index (χ1n) is 9.11. The van der Waals surface area contributed by atoms with E-state index in [1.165, 1.54) is 24.1 Å². The van der Waals surface area contributed by atoms with Gasteiger partial charge in [-0.2, -0.15) is 0 Å². The van der Waals surface area contributed by atoms with Gasteiger partial charge in [0.15, 0.2) is 6.21 Å². The van der Waals surface area contributed by atoms with Crippen molar-refractivity contribution < 1.29 is 14.1 Å². The molecule has 0 atom stereocenters. The van der Waals surface area contributed by atoms with Gasteiger partial charge in [0.2, 0.25) is 0 Å². The zero-order valence-electron chi connectivity index (χ0n) is 16.7. The molecule has 1 aliphatic rings. The number of hydrogen-bond acceptors (Lipinski definition) is 3. The number of anilines is 1. The maximum atomic E-state index is 11.7. The van der Waals surface area contributed by atoms with Crippen LogP contribution in [0.2, 0.25) is 0 Å². The fourth-order valence-corrected chi connectivity index (χ4v) is 3.58. The van der Waals surface area contributed by atoms with Gasteiger partial charge < -0.3 is 9.64 Å². The van der Waals surface area contributed by atoms with Gasteiger partial charge in [0.25, 0.3) is 0 Å². The molecule has 0 N–H and O–H groups in total. The molecule has 0 bridgehead atoms. The second kappa shape index (κ2) is 7.39. The number of hydrogen-bond donors (Lipinski definition) is 0. The molecule has 0 aromatic heterocycles. The van der Waals surface area contributed by atoms with E-state index in [1.807, 2.05) is 38.4 Å². The second-order valence-electron chi connectivity index (χ2n) is 7.58. The maximum absolute atomic E-state index is 11.7. The molecule has 0 aliphatic carbocycles. The van der Waals surface area contributed by atoms with E-state index < -0.39 is 0 Å². The Kier molecular flexibility index (Phi) is 5.17. The summed E-state index contributed by atoms with van der Waals surface area (Å²) >= 11 is 0. The smallest absolute Gasteiger partial charge is 0.337 e. The first-order chi connectivity index (χ1) is 12.8.